The zero-order valence-corrected chi connectivity index (χ0v) is 10.7. The van der Waals surface area contributed by atoms with Crippen molar-refractivity contribution in [3.8, 4) is 0 Å². The lowest BCUT2D eigenvalue weighted by Gasteiger charge is -2.30. The van der Waals surface area contributed by atoms with E-state index in [0.29, 0.717) is 10.2 Å². The summed E-state index contributed by atoms with van der Waals surface area (Å²) in [7, 11) is 0. The van der Waals surface area contributed by atoms with Crippen molar-refractivity contribution >= 4 is 33.4 Å². The topological polar surface area (TPSA) is 50.3 Å². The minimum absolute atomic E-state index is 0.0257. The number of hydrogen-bond donors (Lipinski definition) is 0. The Bertz CT molecular complexity index is 481. The maximum absolute atomic E-state index is 12.2. The lowest BCUT2D eigenvalue weighted by Crippen LogP contribution is -2.46. The Hall–Kier alpha value is -1.23. The maximum atomic E-state index is 12.2. The summed E-state index contributed by atoms with van der Waals surface area (Å²) in [6.45, 7) is 0. The van der Waals surface area contributed by atoms with Crippen molar-refractivity contribution < 1.29 is 9.59 Å². The van der Waals surface area contributed by atoms with Gasteiger partial charge in [-0.15, -0.1) is 0 Å². The van der Waals surface area contributed by atoms with Crippen LogP contribution in [-0.4, -0.2) is 16.8 Å². The third-order valence-corrected chi connectivity index (χ3v) is 4.17. The van der Waals surface area contributed by atoms with E-state index in [2.05, 4.69) is 20.9 Å². The van der Waals surface area contributed by atoms with E-state index in [9.17, 15) is 9.59 Å². The number of imide groups is 1. The van der Waals surface area contributed by atoms with E-state index in [1.165, 1.54) is 4.90 Å². The number of hydrogen-bond acceptors (Lipinski definition) is 3. The third kappa shape index (κ3) is 1.60. The van der Waals surface area contributed by atoms with E-state index >= 15 is 0 Å². The molecule has 0 spiro atoms. The Labute approximate surface area is 107 Å². The zero-order valence-electron chi connectivity index (χ0n) is 9.10. The predicted octanol–water partition coefficient (Wildman–Crippen LogP) is 2.13. The average molecular weight is 295 g/mol. The maximum Gasteiger partial charge on any atom is 0.236 e. The van der Waals surface area contributed by atoms with Gasteiger partial charge in [-0.1, -0.05) is 0 Å². The molecule has 0 aromatic carbocycles. The molecule has 0 N–H and O–H groups in total. The quantitative estimate of drug-likeness (QED) is 0.746. The van der Waals surface area contributed by atoms with Gasteiger partial charge in [0.25, 0.3) is 0 Å². The van der Waals surface area contributed by atoms with Crippen molar-refractivity contribution in [2.45, 2.75) is 19.3 Å². The summed E-state index contributed by atoms with van der Waals surface area (Å²) in [4.78, 5) is 29.7. The highest BCUT2D eigenvalue weighted by molar-refractivity contribution is 9.10. The van der Waals surface area contributed by atoms with Gasteiger partial charge in [-0.05, 0) is 41.3 Å². The lowest BCUT2D eigenvalue weighted by molar-refractivity contribution is -0.133. The molecule has 2 heterocycles. The largest absolute Gasteiger partial charge is 0.274 e. The summed E-state index contributed by atoms with van der Waals surface area (Å²) < 4.78 is 0.683. The number of rotatable bonds is 1. The molecule has 1 aromatic heterocycles. The molecule has 2 fully saturated rings. The number of carbonyl (C=O) groups excluding carboxylic acids is 2. The first kappa shape index (κ1) is 10.9. The van der Waals surface area contributed by atoms with Gasteiger partial charge in [0.05, 0.1) is 10.2 Å². The Kier molecular flexibility index (Phi) is 2.50. The Balaban J connectivity index is 2.05. The molecule has 1 aromatic rings. The Morgan fingerprint density at radius 3 is 2.47 bits per heavy atom. The summed E-state index contributed by atoms with van der Waals surface area (Å²) in [5.74, 6) is -0.0677. The average Bonchev–Trinajstić information content (AvgIpc) is 2.76. The molecule has 88 valence electrons. The number of fused-ring (bicyclic) bond motifs is 2. The molecule has 1 aliphatic carbocycles. The summed E-state index contributed by atoms with van der Waals surface area (Å²) >= 11 is 3.34. The first-order valence-corrected chi connectivity index (χ1v) is 6.45. The summed E-state index contributed by atoms with van der Waals surface area (Å²) in [5, 5.41) is 0. The van der Waals surface area contributed by atoms with Gasteiger partial charge >= 0.3 is 0 Å². The molecule has 0 radical (unpaired) electrons. The van der Waals surface area contributed by atoms with E-state index < -0.39 is 0 Å². The van der Waals surface area contributed by atoms with Crippen LogP contribution in [0.25, 0.3) is 0 Å². The van der Waals surface area contributed by atoms with Crippen LogP contribution in [0.4, 0.5) is 5.69 Å². The van der Waals surface area contributed by atoms with Gasteiger partial charge in [0, 0.05) is 24.2 Å². The van der Waals surface area contributed by atoms with Crippen LogP contribution in [0.5, 0.6) is 0 Å². The number of pyridine rings is 1. The zero-order chi connectivity index (χ0) is 12.0. The highest BCUT2D eigenvalue weighted by Crippen LogP contribution is 2.41. The number of anilines is 1. The smallest absolute Gasteiger partial charge is 0.236 e. The van der Waals surface area contributed by atoms with E-state index in [0.717, 1.165) is 19.3 Å². The van der Waals surface area contributed by atoms with Crippen LogP contribution in [0.2, 0.25) is 0 Å². The second kappa shape index (κ2) is 3.91. The molecule has 2 atom stereocenters. The summed E-state index contributed by atoms with van der Waals surface area (Å²) in [5.41, 5.74) is 0.617. The lowest BCUT2D eigenvalue weighted by atomic mass is 9.96. The van der Waals surface area contributed by atoms with Gasteiger partial charge in [-0.3, -0.25) is 14.6 Å². The van der Waals surface area contributed by atoms with Crippen LogP contribution >= 0.6 is 15.9 Å². The molecule has 1 saturated carbocycles. The predicted molar refractivity (Wildman–Crippen MR) is 65.3 cm³/mol. The highest BCUT2D eigenvalue weighted by Gasteiger charge is 2.46. The standard InChI is InChI=1S/C12H11BrN2O2/c13-9-6-14-4-3-10(9)15-11(16)7-1-2-8(5-7)12(15)17/h3-4,6-8H,1-2,5H2. The fourth-order valence-corrected chi connectivity index (χ4v) is 3.12. The minimum atomic E-state index is -0.0596. The SMILES string of the molecule is O=C1C2CCC(C2)C(=O)N1c1ccncc1Br. The van der Waals surface area contributed by atoms with Crippen molar-refractivity contribution in [2.75, 3.05) is 4.90 Å². The van der Waals surface area contributed by atoms with Crippen molar-refractivity contribution in [3.63, 3.8) is 0 Å². The second-order valence-corrected chi connectivity index (χ2v) is 5.40. The van der Waals surface area contributed by atoms with Crippen molar-refractivity contribution in [2.24, 2.45) is 11.8 Å². The van der Waals surface area contributed by atoms with Gasteiger partial charge in [-0.2, -0.15) is 0 Å². The minimum Gasteiger partial charge on any atom is -0.274 e. The molecular weight excluding hydrogens is 284 g/mol. The molecule has 1 aliphatic heterocycles. The van der Waals surface area contributed by atoms with Crippen molar-refractivity contribution in [1.82, 2.24) is 4.98 Å². The van der Waals surface area contributed by atoms with Crippen LogP contribution in [0, 0.1) is 11.8 Å². The molecule has 5 heteroatoms. The second-order valence-electron chi connectivity index (χ2n) is 4.55. The number of amides is 2. The number of piperidine rings is 1. The number of carbonyl (C=O) groups is 2. The normalized spacial score (nSPS) is 27.7. The van der Waals surface area contributed by atoms with Gasteiger partial charge in [-0.25, -0.2) is 4.90 Å². The van der Waals surface area contributed by atoms with Crippen molar-refractivity contribution in [1.29, 1.82) is 0 Å². The van der Waals surface area contributed by atoms with Crippen LogP contribution < -0.4 is 4.90 Å². The molecule has 1 saturated heterocycles. The molecule has 2 amide bonds. The molecular formula is C12H11BrN2O2. The van der Waals surface area contributed by atoms with E-state index in [1.54, 1.807) is 18.5 Å². The van der Waals surface area contributed by atoms with E-state index in [1.807, 2.05) is 0 Å². The fourth-order valence-electron chi connectivity index (χ4n) is 2.69. The first-order chi connectivity index (χ1) is 8.18. The van der Waals surface area contributed by atoms with Crippen LogP contribution in [0.15, 0.2) is 22.9 Å². The molecule has 17 heavy (non-hydrogen) atoms. The van der Waals surface area contributed by atoms with Crippen LogP contribution in [-0.2, 0) is 9.59 Å². The Morgan fingerprint density at radius 1 is 1.24 bits per heavy atom. The van der Waals surface area contributed by atoms with Crippen molar-refractivity contribution in [3.05, 3.63) is 22.9 Å². The molecule has 2 bridgehead atoms. The Morgan fingerprint density at radius 2 is 1.88 bits per heavy atom. The van der Waals surface area contributed by atoms with E-state index in [-0.39, 0.29) is 23.7 Å². The van der Waals surface area contributed by atoms with Crippen LogP contribution in [0.1, 0.15) is 19.3 Å². The fraction of sp³-hybridized carbons (Fsp3) is 0.417. The van der Waals surface area contributed by atoms with Crippen LogP contribution in [0.3, 0.4) is 0 Å². The highest BCUT2D eigenvalue weighted by atomic mass is 79.9. The molecule has 2 unspecified atom stereocenters. The van der Waals surface area contributed by atoms with Gasteiger partial charge < -0.3 is 0 Å². The monoisotopic (exact) mass is 294 g/mol. The van der Waals surface area contributed by atoms with Gasteiger partial charge in [0.15, 0.2) is 0 Å². The number of nitrogens with zero attached hydrogens (tertiary/aromatic N) is 2. The summed E-state index contributed by atoms with van der Waals surface area (Å²) in [6.07, 6.45) is 5.61. The molecule has 4 nitrogen and oxygen atoms in total. The number of aromatic nitrogens is 1. The first-order valence-electron chi connectivity index (χ1n) is 5.66. The molecule has 3 rings (SSSR count). The van der Waals surface area contributed by atoms with Gasteiger partial charge in [0.1, 0.15) is 0 Å². The third-order valence-electron chi connectivity index (χ3n) is 3.56. The summed E-state index contributed by atoms with van der Waals surface area (Å²) in [6, 6.07) is 1.70. The molecule has 2 aliphatic rings. The van der Waals surface area contributed by atoms with Gasteiger partial charge in [0.2, 0.25) is 11.8 Å². The number of halogens is 1. The van der Waals surface area contributed by atoms with E-state index in [4.69, 9.17) is 0 Å².